The minimum absolute atomic E-state index is 0.310. The van der Waals surface area contributed by atoms with Crippen LogP contribution in [0.1, 0.15) is 34.1 Å². The Bertz CT molecular complexity index is 202. The van der Waals surface area contributed by atoms with E-state index in [0.29, 0.717) is 5.57 Å². The van der Waals surface area contributed by atoms with Gasteiger partial charge in [-0.05, 0) is 25.5 Å². The van der Waals surface area contributed by atoms with Crippen LogP contribution in [0.4, 0.5) is 13.2 Å². The standard InChI is InChI=1S/C8H11F3O.C2H6/c1-3-6(2)7(12)4-5-8(9,10)11;1-2/h3-4,12H,5H2,1-2H3;1-2H3/b6-3-,7-4+;. The van der Waals surface area contributed by atoms with Gasteiger partial charge in [0.25, 0.3) is 0 Å². The van der Waals surface area contributed by atoms with Gasteiger partial charge in [0.05, 0.1) is 6.42 Å². The summed E-state index contributed by atoms with van der Waals surface area (Å²) in [5, 5.41) is 8.97. The Hall–Kier alpha value is -0.930. The van der Waals surface area contributed by atoms with E-state index in [-0.39, 0.29) is 5.76 Å². The van der Waals surface area contributed by atoms with Gasteiger partial charge in [0.15, 0.2) is 0 Å². The molecule has 0 bridgehead atoms. The molecule has 0 unspecified atom stereocenters. The molecule has 0 aromatic rings. The fourth-order valence-corrected chi connectivity index (χ4v) is 0.521. The lowest BCUT2D eigenvalue weighted by Gasteiger charge is -2.02. The molecule has 0 aliphatic heterocycles. The monoisotopic (exact) mass is 210 g/mol. The van der Waals surface area contributed by atoms with Crippen molar-refractivity contribution in [1.29, 1.82) is 0 Å². The number of aliphatic hydroxyl groups excluding tert-OH is 1. The highest BCUT2D eigenvalue weighted by Crippen LogP contribution is 2.21. The summed E-state index contributed by atoms with van der Waals surface area (Å²) >= 11 is 0. The molecule has 0 atom stereocenters. The zero-order valence-electron chi connectivity index (χ0n) is 8.94. The molecule has 4 heteroatoms. The van der Waals surface area contributed by atoms with Crippen molar-refractivity contribution < 1.29 is 18.3 Å². The number of alkyl halides is 3. The highest BCUT2D eigenvalue weighted by Gasteiger charge is 2.25. The van der Waals surface area contributed by atoms with Gasteiger partial charge >= 0.3 is 6.18 Å². The first-order valence-corrected chi connectivity index (χ1v) is 4.46. The van der Waals surface area contributed by atoms with Crippen molar-refractivity contribution in [2.75, 3.05) is 0 Å². The van der Waals surface area contributed by atoms with Crippen LogP contribution in [-0.4, -0.2) is 11.3 Å². The number of aliphatic hydroxyl groups is 1. The van der Waals surface area contributed by atoms with Crippen LogP contribution in [-0.2, 0) is 0 Å². The minimum atomic E-state index is -4.25. The molecule has 1 N–H and O–H groups in total. The molecule has 0 fully saturated rings. The van der Waals surface area contributed by atoms with Crippen LogP contribution in [0, 0.1) is 0 Å². The summed E-state index contributed by atoms with van der Waals surface area (Å²) in [5.74, 6) is -0.310. The van der Waals surface area contributed by atoms with Crippen LogP contribution in [0.5, 0.6) is 0 Å². The van der Waals surface area contributed by atoms with E-state index in [0.717, 1.165) is 6.08 Å². The summed E-state index contributed by atoms with van der Waals surface area (Å²) in [6.07, 6.45) is -3.04. The lowest BCUT2D eigenvalue weighted by atomic mass is 10.2. The predicted molar refractivity (Wildman–Crippen MR) is 52.2 cm³/mol. The van der Waals surface area contributed by atoms with Gasteiger partial charge in [0.1, 0.15) is 5.76 Å². The maximum absolute atomic E-state index is 11.6. The summed E-state index contributed by atoms with van der Waals surface area (Å²) in [6, 6.07) is 0. The molecule has 0 amide bonds. The van der Waals surface area contributed by atoms with Crippen LogP contribution in [0.3, 0.4) is 0 Å². The second-order valence-electron chi connectivity index (χ2n) is 2.38. The minimum Gasteiger partial charge on any atom is -0.508 e. The molecule has 0 rings (SSSR count). The Kier molecular flexibility index (Phi) is 8.29. The van der Waals surface area contributed by atoms with Crippen molar-refractivity contribution in [3.05, 3.63) is 23.5 Å². The summed E-state index contributed by atoms with van der Waals surface area (Å²) < 4.78 is 34.8. The molecule has 1 nitrogen and oxygen atoms in total. The third kappa shape index (κ3) is 9.16. The van der Waals surface area contributed by atoms with E-state index in [1.807, 2.05) is 13.8 Å². The normalized spacial score (nSPS) is 13.4. The lowest BCUT2D eigenvalue weighted by Crippen LogP contribution is -2.05. The van der Waals surface area contributed by atoms with Gasteiger partial charge in [0, 0.05) is 0 Å². The number of hydrogen-bond acceptors (Lipinski definition) is 1. The third-order valence-corrected chi connectivity index (χ3v) is 1.36. The Morgan fingerprint density at radius 3 is 2.00 bits per heavy atom. The Morgan fingerprint density at radius 2 is 1.71 bits per heavy atom. The third-order valence-electron chi connectivity index (χ3n) is 1.36. The molecular weight excluding hydrogens is 193 g/mol. The molecule has 0 radical (unpaired) electrons. The van der Waals surface area contributed by atoms with E-state index in [4.69, 9.17) is 5.11 Å². The van der Waals surface area contributed by atoms with Gasteiger partial charge in [-0.1, -0.05) is 19.9 Å². The van der Waals surface area contributed by atoms with Crippen molar-refractivity contribution in [2.45, 2.75) is 40.3 Å². The molecule has 84 valence electrons. The molecule has 0 saturated carbocycles. The highest BCUT2D eigenvalue weighted by atomic mass is 19.4. The average Bonchev–Trinajstić information content (AvgIpc) is 2.15. The highest BCUT2D eigenvalue weighted by molar-refractivity contribution is 5.21. The van der Waals surface area contributed by atoms with Crippen molar-refractivity contribution >= 4 is 0 Å². The van der Waals surface area contributed by atoms with Gasteiger partial charge in [-0.25, -0.2) is 0 Å². The predicted octanol–water partition coefficient (Wildman–Crippen LogP) is 4.37. The second kappa shape index (κ2) is 7.47. The summed E-state index contributed by atoms with van der Waals surface area (Å²) in [6.45, 7) is 7.19. The van der Waals surface area contributed by atoms with E-state index in [2.05, 4.69) is 0 Å². The maximum Gasteiger partial charge on any atom is 0.392 e. The smallest absolute Gasteiger partial charge is 0.392 e. The second-order valence-corrected chi connectivity index (χ2v) is 2.38. The SMILES string of the molecule is C/C=C(C)\C(O)=C/CC(F)(F)F.CC. The average molecular weight is 210 g/mol. The molecule has 0 aromatic heterocycles. The number of rotatable bonds is 2. The molecule has 14 heavy (non-hydrogen) atoms. The van der Waals surface area contributed by atoms with E-state index in [9.17, 15) is 13.2 Å². The lowest BCUT2D eigenvalue weighted by molar-refractivity contribution is -0.125. The number of allylic oxidation sites excluding steroid dienone is 3. The van der Waals surface area contributed by atoms with Crippen LogP contribution in [0.2, 0.25) is 0 Å². The van der Waals surface area contributed by atoms with Crippen LogP contribution < -0.4 is 0 Å². The molecule has 0 spiro atoms. The molecule has 0 aliphatic rings. The zero-order valence-corrected chi connectivity index (χ0v) is 8.94. The van der Waals surface area contributed by atoms with Gasteiger partial charge in [-0.3, -0.25) is 0 Å². The zero-order chi connectivity index (χ0) is 11.8. The molecule has 0 heterocycles. The Balaban J connectivity index is 0. The first-order valence-electron chi connectivity index (χ1n) is 4.46. The van der Waals surface area contributed by atoms with Crippen LogP contribution in [0.15, 0.2) is 23.5 Å². The Morgan fingerprint density at radius 1 is 1.29 bits per heavy atom. The molecule has 0 aliphatic carbocycles. The van der Waals surface area contributed by atoms with Crippen LogP contribution in [0.25, 0.3) is 0 Å². The summed E-state index contributed by atoms with van der Waals surface area (Å²) in [4.78, 5) is 0. The fourth-order valence-electron chi connectivity index (χ4n) is 0.521. The van der Waals surface area contributed by atoms with Crippen molar-refractivity contribution in [3.8, 4) is 0 Å². The maximum atomic E-state index is 11.6. The Labute approximate surface area is 82.9 Å². The van der Waals surface area contributed by atoms with E-state index < -0.39 is 12.6 Å². The van der Waals surface area contributed by atoms with Gasteiger partial charge in [0.2, 0.25) is 0 Å². The van der Waals surface area contributed by atoms with E-state index in [1.165, 1.54) is 0 Å². The van der Waals surface area contributed by atoms with E-state index >= 15 is 0 Å². The van der Waals surface area contributed by atoms with Crippen molar-refractivity contribution in [2.24, 2.45) is 0 Å². The number of halogens is 3. The molecule has 0 saturated heterocycles. The topological polar surface area (TPSA) is 20.2 Å². The number of hydrogen-bond donors (Lipinski definition) is 1. The fraction of sp³-hybridized carbons (Fsp3) is 0.600. The van der Waals surface area contributed by atoms with Crippen molar-refractivity contribution in [3.63, 3.8) is 0 Å². The summed E-state index contributed by atoms with van der Waals surface area (Å²) in [7, 11) is 0. The first kappa shape index (κ1) is 15.5. The first-order chi connectivity index (χ1) is 6.37. The summed E-state index contributed by atoms with van der Waals surface area (Å²) in [5.41, 5.74) is 0.444. The van der Waals surface area contributed by atoms with Crippen molar-refractivity contribution in [1.82, 2.24) is 0 Å². The molecule has 0 aromatic carbocycles. The van der Waals surface area contributed by atoms with Gasteiger partial charge in [-0.2, -0.15) is 13.2 Å². The van der Waals surface area contributed by atoms with Crippen LogP contribution >= 0.6 is 0 Å². The van der Waals surface area contributed by atoms with Gasteiger partial charge in [-0.15, -0.1) is 0 Å². The van der Waals surface area contributed by atoms with E-state index in [1.54, 1.807) is 19.9 Å². The quantitative estimate of drug-likeness (QED) is 0.530. The van der Waals surface area contributed by atoms with Gasteiger partial charge < -0.3 is 5.11 Å². The largest absolute Gasteiger partial charge is 0.508 e. The molecular formula is C10H17F3O.